The van der Waals surface area contributed by atoms with Crippen LogP contribution in [0.15, 0.2) is 49.2 Å². The third-order valence-electron chi connectivity index (χ3n) is 4.54. The molecule has 0 fully saturated rings. The van der Waals surface area contributed by atoms with Crippen LogP contribution in [0.4, 0.5) is 14.6 Å². The molecule has 9 heteroatoms. The van der Waals surface area contributed by atoms with E-state index in [4.69, 9.17) is 16.3 Å². The molecule has 0 bridgehead atoms. The first-order valence-corrected chi connectivity index (χ1v) is 9.07. The summed E-state index contributed by atoms with van der Waals surface area (Å²) in [4.78, 5) is 17.0. The van der Waals surface area contributed by atoms with Gasteiger partial charge < -0.3 is 10.1 Å². The number of nitrogens with zero attached hydrogens (tertiary/aromatic N) is 4. The fourth-order valence-corrected chi connectivity index (χ4v) is 3.53. The number of ether oxygens (including phenoxy) is 1. The predicted octanol–water partition coefficient (Wildman–Crippen LogP) is 4.34. The Morgan fingerprint density at radius 1 is 1.14 bits per heavy atom. The minimum Gasteiger partial charge on any atom is -0.363 e. The van der Waals surface area contributed by atoms with E-state index in [2.05, 4.69) is 25.3 Å². The Morgan fingerprint density at radius 2 is 2.04 bits per heavy atom. The number of hydrogen-bond acceptors (Lipinski definition) is 6. The van der Waals surface area contributed by atoms with Crippen molar-refractivity contribution in [2.75, 3.05) is 5.32 Å². The van der Waals surface area contributed by atoms with Crippen LogP contribution in [0.25, 0.3) is 16.5 Å². The molecule has 1 N–H and O–H groups in total. The number of alkyl halides is 2. The van der Waals surface area contributed by atoms with Gasteiger partial charge in [0.1, 0.15) is 12.1 Å². The molecule has 0 aromatic carbocycles. The molecule has 0 saturated heterocycles. The maximum Gasteiger partial charge on any atom is 0.345 e. The van der Waals surface area contributed by atoms with Crippen LogP contribution >= 0.6 is 11.6 Å². The van der Waals surface area contributed by atoms with Crippen LogP contribution in [0.5, 0.6) is 0 Å². The Kier molecular flexibility index (Phi) is 5.40. The Hall–Kier alpha value is -2.71. The minimum absolute atomic E-state index is 0.233. The highest BCUT2D eigenvalue weighted by molar-refractivity contribution is 6.32. The zero-order valence-corrected chi connectivity index (χ0v) is 15.4. The topological polar surface area (TPSA) is 72.8 Å². The standard InChI is InChI=1S/C19H16ClF2N5O/c20-14-2-1-6-24-17(14)12-8-11(28-19(21)22)3-4-16(12)27-18-13-9-23-7-5-15(13)25-10-26-18/h1-2,5-11,16,19H,3-4H2,(H,25,26,27). The average molecular weight is 404 g/mol. The number of hydrogen-bond donors (Lipinski definition) is 1. The van der Waals surface area contributed by atoms with Crippen molar-refractivity contribution in [3.05, 3.63) is 59.9 Å². The van der Waals surface area contributed by atoms with Gasteiger partial charge in [0, 0.05) is 24.2 Å². The molecule has 0 amide bonds. The van der Waals surface area contributed by atoms with Crippen molar-refractivity contribution in [1.29, 1.82) is 0 Å². The van der Waals surface area contributed by atoms with E-state index in [1.807, 2.05) is 0 Å². The molecule has 3 aromatic heterocycles. The maximum atomic E-state index is 12.7. The van der Waals surface area contributed by atoms with Crippen LogP contribution in [0.1, 0.15) is 18.5 Å². The highest BCUT2D eigenvalue weighted by Gasteiger charge is 2.28. The lowest BCUT2D eigenvalue weighted by Crippen LogP contribution is -2.30. The largest absolute Gasteiger partial charge is 0.363 e. The van der Waals surface area contributed by atoms with Gasteiger partial charge >= 0.3 is 6.61 Å². The van der Waals surface area contributed by atoms with E-state index in [0.29, 0.717) is 34.9 Å². The van der Waals surface area contributed by atoms with Crippen molar-refractivity contribution in [3.63, 3.8) is 0 Å². The lowest BCUT2D eigenvalue weighted by molar-refractivity contribution is -0.152. The Balaban J connectivity index is 1.71. The summed E-state index contributed by atoms with van der Waals surface area (Å²) in [7, 11) is 0. The zero-order chi connectivity index (χ0) is 19.5. The molecule has 1 aliphatic carbocycles. The Bertz CT molecular complexity index is 1010. The molecule has 0 aliphatic heterocycles. The van der Waals surface area contributed by atoms with Gasteiger partial charge in [-0.1, -0.05) is 11.6 Å². The first kappa shape index (κ1) is 18.6. The van der Waals surface area contributed by atoms with Gasteiger partial charge in [0.05, 0.1) is 33.8 Å². The van der Waals surface area contributed by atoms with Crippen LogP contribution < -0.4 is 5.32 Å². The molecule has 4 rings (SSSR count). The smallest absolute Gasteiger partial charge is 0.345 e. The molecule has 6 nitrogen and oxygen atoms in total. The predicted molar refractivity (Wildman–Crippen MR) is 102 cm³/mol. The highest BCUT2D eigenvalue weighted by atomic mass is 35.5. The number of nitrogens with one attached hydrogen (secondary N) is 1. The molecule has 0 spiro atoms. The number of anilines is 1. The second-order valence-electron chi connectivity index (χ2n) is 6.28. The van der Waals surface area contributed by atoms with E-state index < -0.39 is 12.7 Å². The number of pyridine rings is 2. The van der Waals surface area contributed by atoms with E-state index in [1.54, 1.807) is 42.9 Å². The molecule has 0 radical (unpaired) electrons. The number of aromatic nitrogens is 4. The van der Waals surface area contributed by atoms with Crippen LogP contribution in [0, 0.1) is 0 Å². The second kappa shape index (κ2) is 8.12. The first-order valence-electron chi connectivity index (χ1n) is 8.69. The van der Waals surface area contributed by atoms with Gasteiger partial charge in [-0.2, -0.15) is 8.78 Å². The van der Waals surface area contributed by atoms with Crippen LogP contribution in [-0.4, -0.2) is 38.7 Å². The average Bonchev–Trinajstić information content (AvgIpc) is 2.69. The minimum atomic E-state index is -2.84. The van der Waals surface area contributed by atoms with Gasteiger partial charge in [0.2, 0.25) is 0 Å². The van der Waals surface area contributed by atoms with Crippen LogP contribution in [-0.2, 0) is 4.74 Å². The molecular formula is C19H16ClF2N5O. The fourth-order valence-electron chi connectivity index (χ4n) is 3.30. The van der Waals surface area contributed by atoms with E-state index in [0.717, 1.165) is 10.9 Å². The second-order valence-corrected chi connectivity index (χ2v) is 6.69. The van der Waals surface area contributed by atoms with Gasteiger partial charge in [-0.3, -0.25) is 9.97 Å². The molecular weight excluding hydrogens is 388 g/mol. The maximum absolute atomic E-state index is 12.7. The normalized spacial score (nSPS) is 19.6. The number of halogens is 3. The van der Waals surface area contributed by atoms with Gasteiger partial charge in [-0.25, -0.2) is 9.97 Å². The third-order valence-corrected chi connectivity index (χ3v) is 4.84. The number of fused-ring (bicyclic) bond motifs is 1. The van der Waals surface area contributed by atoms with Crippen LogP contribution in [0.2, 0.25) is 5.02 Å². The van der Waals surface area contributed by atoms with Gasteiger partial charge in [0.25, 0.3) is 0 Å². The van der Waals surface area contributed by atoms with Crippen molar-refractivity contribution in [1.82, 2.24) is 19.9 Å². The van der Waals surface area contributed by atoms with Gasteiger partial charge in [-0.05, 0) is 37.1 Å². The van der Waals surface area contributed by atoms with Gasteiger partial charge in [0.15, 0.2) is 0 Å². The lowest BCUT2D eigenvalue weighted by atomic mass is 9.89. The molecule has 28 heavy (non-hydrogen) atoms. The van der Waals surface area contributed by atoms with E-state index >= 15 is 0 Å². The van der Waals surface area contributed by atoms with E-state index in [9.17, 15) is 8.78 Å². The summed E-state index contributed by atoms with van der Waals surface area (Å²) in [6.07, 6.45) is 8.33. The highest BCUT2D eigenvalue weighted by Crippen LogP contribution is 2.34. The monoisotopic (exact) mass is 403 g/mol. The molecule has 3 heterocycles. The Morgan fingerprint density at radius 3 is 2.86 bits per heavy atom. The van der Waals surface area contributed by atoms with Crippen molar-refractivity contribution >= 4 is 33.9 Å². The summed E-state index contributed by atoms with van der Waals surface area (Å²) in [5.41, 5.74) is 1.97. The molecule has 144 valence electrons. The summed E-state index contributed by atoms with van der Waals surface area (Å²) < 4.78 is 30.1. The molecule has 3 aromatic rings. The molecule has 2 unspecified atom stereocenters. The Labute approximate surface area is 164 Å². The molecule has 0 saturated carbocycles. The summed E-state index contributed by atoms with van der Waals surface area (Å²) >= 11 is 6.32. The van der Waals surface area contributed by atoms with Gasteiger partial charge in [-0.15, -0.1) is 0 Å². The SMILES string of the molecule is FC(F)OC1C=C(c2ncccc2Cl)C(Nc2ncnc3ccncc23)CC1. The van der Waals surface area contributed by atoms with Crippen molar-refractivity contribution < 1.29 is 13.5 Å². The summed E-state index contributed by atoms with van der Waals surface area (Å²) in [6, 6.07) is 4.99. The molecule has 2 atom stereocenters. The quantitative estimate of drug-likeness (QED) is 0.683. The molecule has 1 aliphatic rings. The number of rotatable bonds is 5. The first-order chi connectivity index (χ1) is 13.6. The van der Waals surface area contributed by atoms with E-state index in [-0.39, 0.29) is 6.04 Å². The van der Waals surface area contributed by atoms with E-state index in [1.165, 1.54) is 6.33 Å². The zero-order valence-electron chi connectivity index (χ0n) is 14.6. The fraction of sp³-hybridized carbons (Fsp3) is 0.263. The van der Waals surface area contributed by atoms with Crippen molar-refractivity contribution in [3.8, 4) is 0 Å². The summed E-state index contributed by atoms with van der Waals surface area (Å²) in [5.74, 6) is 0.606. The summed E-state index contributed by atoms with van der Waals surface area (Å²) in [6.45, 7) is -2.84. The summed E-state index contributed by atoms with van der Waals surface area (Å²) in [5, 5.41) is 4.58. The van der Waals surface area contributed by atoms with Crippen LogP contribution in [0.3, 0.4) is 0 Å². The van der Waals surface area contributed by atoms with Crippen molar-refractivity contribution in [2.24, 2.45) is 0 Å². The lowest BCUT2D eigenvalue weighted by Gasteiger charge is -2.30. The van der Waals surface area contributed by atoms with Crippen molar-refractivity contribution in [2.45, 2.75) is 31.6 Å². The third kappa shape index (κ3) is 3.93.